The molecule has 2 aromatic carbocycles. The third-order valence-corrected chi connectivity index (χ3v) is 4.43. The van der Waals surface area contributed by atoms with Gasteiger partial charge in [-0.3, -0.25) is 24.5 Å². The van der Waals surface area contributed by atoms with Crippen LogP contribution >= 0.6 is 27.5 Å². The van der Waals surface area contributed by atoms with Crippen LogP contribution < -0.4 is 5.32 Å². The Morgan fingerprint density at radius 1 is 1.11 bits per heavy atom. The quantitative estimate of drug-likeness (QED) is 0.269. The van der Waals surface area contributed by atoms with E-state index >= 15 is 0 Å². The van der Waals surface area contributed by atoms with Crippen molar-refractivity contribution < 1.29 is 24.0 Å². The molecule has 0 fully saturated rings. The summed E-state index contributed by atoms with van der Waals surface area (Å²) in [6.07, 6.45) is -0.230. The Balaban J connectivity index is 1.77. The number of hydrogen-bond donors (Lipinski definition) is 1. The first-order valence-corrected chi connectivity index (χ1v) is 9.11. The SMILES string of the molecule is O=C(COC(=O)CCC(=O)c1ccc(Cl)cc1)Nc1ccc([N+](=O)[O-])cc1Br. The van der Waals surface area contributed by atoms with Crippen LogP contribution in [0.1, 0.15) is 23.2 Å². The molecular weight excluding hydrogens is 456 g/mol. The molecule has 1 N–H and O–H groups in total. The Morgan fingerprint density at radius 3 is 2.39 bits per heavy atom. The van der Waals surface area contributed by atoms with Gasteiger partial charge in [-0.15, -0.1) is 0 Å². The van der Waals surface area contributed by atoms with Crippen LogP contribution in [0.15, 0.2) is 46.9 Å². The molecule has 2 rings (SSSR count). The van der Waals surface area contributed by atoms with Crippen LogP contribution in [0, 0.1) is 10.1 Å². The molecule has 0 aliphatic carbocycles. The predicted octanol–water partition coefficient (Wildman–Crippen LogP) is 4.16. The van der Waals surface area contributed by atoms with E-state index in [1.54, 1.807) is 24.3 Å². The Morgan fingerprint density at radius 2 is 1.79 bits per heavy atom. The number of nitrogens with one attached hydrogen (secondary N) is 1. The minimum absolute atomic E-state index is 0.0595. The molecule has 0 bridgehead atoms. The van der Waals surface area contributed by atoms with Crippen LogP contribution in [0.5, 0.6) is 0 Å². The predicted molar refractivity (Wildman–Crippen MR) is 105 cm³/mol. The molecule has 10 heteroatoms. The van der Waals surface area contributed by atoms with Gasteiger partial charge in [-0.25, -0.2) is 0 Å². The van der Waals surface area contributed by atoms with E-state index in [-0.39, 0.29) is 24.3 Å². The minimum atomic E-state index is -0.694. The lowest BCUT2D eigenvalue weighted by molar-refractivity contribution is -0.384. The van der Waals surface area contributed by atoms with Crippen LogP contribution in [0.25, 0.3) is 0 Å². The molecule has 0 aliphatic heterocycles. The van der Waals surface area contributed by atoms with Crippen LogP contribution in [-0.2, 0) is 14.3 Å². The van der Waals surface area contributed by atoms with Gasteiger partial charge < -0.3 is 10.1 Å². The fourth-order valence-electron chi connectivity index (χ4n) is 2.12. The summed E-state index contributed by atoms with van der Waals surface area (Å²) < 4.78 is 5.15. The zero-order valence-electron chi connectivity index (χ0n) is 14.3. The summed E-state index contributed by atoms with van der Waals surface area (Å²) in [7, 11) is 0. The van der Waals surface area contributed by atoms with E-state index in [2.05, 4.69) is 21.2 Å². The fourth-order valence-corrected chi connectivity index (χ4v) is 2.71. The van der Waals surface area contributed by atoms with Crippen molar-refractivity contribution >= 4 is 56.6 Å². The Bertz CT molecular complexity index is 917. The van der Waals surface area contributed by atoms with Gasteiger partial charge in [0.15, 0.2) is 12.4 Å². The maximum atomic E-state index is 12.0. The van der Waals surface area contributed by atoms with Crippen LogP contribution in [-0.4, -0.2) is 29.2 Å². The van der Waals surface area contributed by atoms with E-state index in [4.69, 9.17) is 16.3 Å². The number of esters is 1. The highest BCUT2D eigenvalue weighted by Gasteiger charge is 2.14. The Hall–Kier alpha value is -2.78. The first-order chi connectivity index (χ1) is 13.3. The summed E-state index contributed by atoms with van der Waals surface area (Å²) in [6, 6.07) is 10.1. The third kappa shape index (κ3) is 6.43. The first-order valence-electron chi connectivity index (χ1n) is 7.94. The summed E-state index contributed by atoms with van der Waals surface area (Å²) in [4.78, 5) is 45.7. The number of hydrogen-bond acceptors (Lipinski definition) is 6. The van der Waals surface area contributed by atoms with Crippen molar-refractivity contribution in [2.45, 2.75) is 12.8 Å². The average Bonchev–Trinajstić information content (AvgIpc) is 2.66. The molecule has 0 aromatic heterocycles. The molecule has 0 atom stereocenters. The summed E-state index contributed by atoms with van der Waals surface area (Å²) >= 11 is 8.87. The normalized spacial score (nSPS) is 10.2. The van der Waals surface area contributed by atoms with E-state index in [1.165, 1.54) is 18.2 Å². The van der Waals surface area contributed by atoms with Gasteiger partial charge in [0.05, 0.1) is 17.0 Å². The van der Waals surface area contributed by atoms with Crippen molar-refractivity contribution in [2.75, 3.05) is 11.9 Å². The lowest BCUT2D eigenvalue weighted by Crippen LogP contribution is -2.21. The maximum absolute atomic E-state index is 12.0. The van der Waals surface area contributed by atoms with E-state index in [9.17, 15) is 24.5 Å². The van der Waals surface area contributed by atoms with Crippen molar-refractivity contribution in [1.82, 2.24) is 0 Å². The van der Waals surface area contributed by atoms with E-state index < -0.39 is 23.4 Å². The molecule has 28 heavy (non-hydrogen) atoms. The van der Waals surface area contributed by atoms with Crippen LogP contribution in [0.3, 0.4) is 0 Å². The standard InChI is InChI=1S/C18H14BrClN2O6/c19-14-9-13(22(26)27)5-6-15(14)21-17(24)10-28-18(25)8-7-16(23)11-1-3-12(20)4-2-11/h1-6,9H,7-8,10H2,(H,21,24). The van der Waals surface area contributed by atoms with Gasteiger partial charge in [0, 0.05) is 33.6 Å². The largest absolute Gasteiger partial charge is 0.456 e. The zero-order valence-corrected chi connectivity index (χ0v) is 16.7. The van der Waals surface area contributed by atoms with Gasteiger partial charge in [-0.1, -0.05) is 11.6 Å². The summed E-state index contributed by atoms with van der Waals surface area (Å²) in [5, 5.41) is 13.7. The Labute approximate surface area is 173 Å². The molecule has 0 saturated heterocycles. The van der Waals surface area contributed by atoms with Gasteiger partial charge in [-0.05, 0) is 46.3 Å². The van der Waals surface area contributed by atoms with E-state index in [0.29, 0.717) is 20.7 Å². The summed E-state index contributed by atoms with van der Waals surface area (Å²) in [5.74, 6) is -1.56. The number of amides is 1. The second kappa shape index (κ2) is 9.95. The number of Topliss-reactive ketones (excluding diaryl/α,β-unsaturated/α-hetero) is 1. The van der Waals surface area contributed by atoms with Crippen molar-refractivity contribution in [3.8, 4) is 0 Å². The van der Waals surface area contributed by atoms with E-state index in [1.807, 2.05) is 0 Å². The first kappa shape index (κ1) is 21.5. The lowest BCUT2D eigenvalue weighted by atomic mass is 10.1. The number of rotatable bonds is 8. The number of non-ortho nitro benzene ring substituents is 1. The van der Waals surface area contributed by atoms with Gasteiger partial charge in [0.25, 0.3) is 11.6 Å². The molecule has 0 radical (unpaired) electrons. The third-order valence-electron chi connectivity index (χ3n) is 3.52. The van der Waals surface area contributed by atoms with Gasteiger partial charge in [0.1, 0.15) is 0 Å². The van der Waals surface area contributed by atoms with Crippen molar-refractivity contribution in [3.05, 3.63) is 67.6 Å². The zero-order chi connectivity index (χ0) is 20.7. The van der Waals surface area contributed by atoms with Gasteiger partial charge in [0.2, 0.25) is 0 Å². The average molecular weight is 470 g/mol. The second-order valence-corrected chi connectivity index (χ2v) is 6.85. The lowest BCUT2D eigenvalue weighted by Gasteiger charge is -2.08. The fraction of sp³-hybridized carbons (Fsp3) is 0.167. The number of ether oxygens (including phenoxy) is 1. The molecule has 0 spiro atoms. The number of nitro groups is 1. The maximum Gasteiger partial charge on any atom is 0.306 e. The number of nitro benzene ring substituents is 1. The molecule has 0 aliphatic rings. The number of carbonyl (C=O) groups excluding carboxylic acids is 3. The van der Waals surface area contributed by atoms with Crippen LogP contribution in [0.4, 0.5) is 11.4 Å². The highest BCUT2D eigenvalue weighted by Crippen LogP contribution is 2.27. The molecule has 2 aromatic rings. The molecule has 146 valence electrons. The van der Waals surface area contributed by atoms with Crippen molar-refractivity contribution in [3.63, 3.8) is 0 Å². The molecule has 0 saturated carbocycles. The molecule has 0 unspecified atom stereocenters. The minimum Gasteiger partial charge on any atom is -0.456 e. The Kier molecular flexibility index (Phi) is 7.65. The molecule has 0 heterocycles. The summed E-state index contributed by atoms with van der Waals surface area (Å²) in [6.45, 7) is -0.544. The highest BCUT2D eigenvalue weighted by atomic mass is 79.9. The number of halogens is 2. The second-order valence-electron chi connectivity index (χ2n) is 5.56. The van der Waals surface area contributed by atoms with E-state index in [0.717, 1.165) is 0 Å². The molecular formula is C18H14BrClN2O6. The van der Waals surface area contributed by atoms with Gasteiger partial charge >= 0.3 is 5.97 Å². The highest BCUT2D eigenvalue weighted by molar-refractivity contribution is 9.10. The number of carbonyl (C=O) groups is 3. The molecule has 1 amide bonds. The number of anilines is 1. The number of nitrogens with zero attached hydrogens (tertiary/aromatic N) is 1. The van der Waals surface area contributed by atoms with Crippen molar-refractivity contribution in [2.24, 2.45) is 0 Å². The molecule has 8 nitrogen and oxygen atoms in total. The number of ketones is 1. The monoisotopic (exact) mass is 468 g/mol. The van der Waals surface area contributed by atoms with Crippen LogP contribution in [0.2, 0.25) is 5.02 Å². The van der Waals surface area contributed by atoms with Crippen molar-refractivity contribution in [1.29, 1.82) is 0 Å². The smallest absolute Gasteiger partial charge is 0.306 e. The number of benzene rings is 2. The summed E-state index contributed by atoms with van der Waals surface area (Å²) in [5.41, 5.74) is 0.587. The van der Waals surface area contributed by atoms with Gasteiger partial charge in [-0.2, -0.15) is 0 Å². The topological polar surface area (TPSA) is 116 Å².